The Balaban J connectivity index is 1.22. The van der Waals surface area contributed by atoms with Crippen LogP contribution < -0.4 is 0 Å². The number of nitrogens with zero attached hydrogens (tertiary/aromatic N) is 2. The molecule has 0 aliphatic carbocycles. The van der Waals surface area contributed by atoms with Crippen molar-refractivity contribution in [3.05, 3.63) is 158 Å². The van der Waals surface area contributed by atoms with E-state index in [1.165, 1.54) is 16.3 Å². The van der Waals surface area contributed by atoms with Gasteiger partial charge < -0.3 is 8.83 Å². The lowest BCUT2D eigenvalue weighted by atomic mass is 9.89. The zero-order valence-corrected chi connectivity index (χ0v) is 26.7. The van der Waals surface area contributed by atoms with Crippen molar-refractivity contribution in [2.75, 3.05) is 0 Å². The number of aromatic nitrogens is 2. The van der Waals surface area contributed by atoms with Gasteiger partial charge in [-0.3, -0.25) is 0 Å². The fourth-order valence-corrected chi connectivity index (χ4v) is 7.75. The third kappa shape index (κ3) is 3.99. The highest BCUT2D eigenvalue weighted by Gasteiger charge is 2.22. The first-order chi connectivity index (χ1) is 24.8. The summed E-state index contributed by atoms with van der Waals surface area (Å²) in [6.07, 6.45) is 0. The molecule has 11 rings (SSSR count). The summed E-state index contributed by atoms with van der Waals surface area (Å²) < 4.78 is 12.8. The molecule has 0 fully saturated rings. The molecule has 11 aromatic rings. The Morgan fingerprint density at radius 3 is 1.82 bits per heavy atom. The largest absolute Gasteiger partial charge is 0.456 e. The summed E-state index contributed by atoms with van der Waals surface area (Å²) in [5, 5.41) is 9.02. The van der Waals surface area contributed by atoms with Crippen LogP contribution in [0.2, 0.25) is 0 Å². The molecule has 0 N–H and O–H groups in total. The predicted molar refractivity (Wildman–Crippen MR) is 205 cm³/mol. The molecule has 0 bridgehead atoms. The second-order valence-corrected chi connectivity index (χ2v) is 12.9. The molecule has 0 saturated carbocycles. The van der Waals surface area contributed by atoms with Crippen molar-refractivity contribution in [1.82, 2.24) is 9.97 Å². The molecular formula is C46H26N2O2. The first kappa shape index (κ1) is 27.2. The number of fused-ring (bicyclic) bond motifs is 6. The van der Waals surface area contributed by atoms with E-state index in [1.807, 2.05) is 36.4 Å². The van der Waals surface area contributed by atoms with Crippen molar-refractivity contribution in [1.29, 1.82) is 0 Å². The maximum Gasteiger partial charge on any atom is 0.161 e. The second kappa shape index (κ2) is 10.4. The SMILES string of the molecule is c1ccc(-c2ccc3c(c2)c2c(-c4nc(-c5ccccc5)cc(-c5ccc6c(c5)oc5ccccc56)n4)ccc4oc5cccc3c5c42)cc1. The number of hydrogen-bond acceptors (Lipinski definition) is 4. The van der Waals surface area contributed by atoms with Crippen molar-refractivity contribution in [2.45, 2.75) is 0 Å². The summed E-state index contributed by atoms with van der Waals surface area (Å²) in [6, 6.07) is 54.8. The summed E-state index contributed by atoms with van der Waals surface area (Å²) in [5.41, 5.74) is 10.4. The van der Waals surface area contributed by atoms with Crippen LogP contribution in [0, 0.1) is 0 Å². The third-order valence-corrected chi connectivity index (χ3v) is 10.1. The van der Waals surface area contributed by atoms with Gasteiger partial charge in [-0.05, 0) is 75.8 Å². The molecular weight excluding hydrogens is 613 g/mol. The van der Waals surface area contributed by atoms with Gasteiger partial charge in [0.15, 0.2) is 5.82 Å². The van der Waals surface area contributed by atoms with Crippen LogP contribution in [-0.4, -0.2) is 9.97 Å². The summed E-state index contributed by atoms with van der Waals surface area (Å²) in [7, 11) is 0. The monoisotopic (exact) mass is 638 g/mol. The summed E-state index contributed by atoms with van der Waals surface area (Å²) in [5.74, 6) is 0.660. The topological polar surface area (TPSA) is 52.1 Å². The van der Waals surface area contributed by atoms with Crippen LogP contribution in [0.5, 0.6) is 0 Å². The van der Waals surface area contributed by atoms with Crippen molar-refractivity contribution >= 4 is 65.4 Å². The molecule has 3 heterocycles. The van der Waals surface area contributed by atoms with Crippen LogP contribution in [0.15, 0.2) is 167 Å². The average molecular weight is 639 g/mol. The first-order valence-electron chi connectivity index (χ1n) is 16.8. The third-order valence-electron chi connectivity index (χ3n) is 10.1. The molecule has 4 nitrogen and oxygen atoms in total. The van der Waals surface area contributed by atoms with Crippen molar-refractivity contribution in [3.63, 3.8) is 0 Å². The number of rotatable bonds is 4. The number of hydrogen-bond donors (Lipinski definition) is 0. The van der Waals surface area contributed by atoms with E-state index in [0.29, 0.717) is 5.82 Å². The van der Waals surface area contributed by atoms with Crippen LogP contribution in [0.4, 0.5) is 0 Å². The zero-order chi connectivity index (χ0) is 32.8. The fraction of sp³-hybridized carbons (Fsp3) is 0. The van der Waals surface area contributed by atoms with Gasteiger partial charge in [-0.1, -0.05) is 109 Å². The van der Waals surface area contributed by atoms with Crippen LogP contribution in [0.1, 0.15) is 0 Å². The smallest absolute Gasteiger partial charge is 0.161 e. The lowest BCUT2D eigenvalue weighted by molar-refractivity contribution is 0.669. The summed E-state index contributed by atoms with van der Waals surface area (Å²) in [4.78, 5) is 10.6. The second-order valence-electron chi connectivity index (χ2n) is 12.9. The Labute approximate surface area is 286 Å². The van der Waals surface area contributed by atoms with Crippen LogP contribution in [0.25, 0.3) is 110 Å². The van der Waals surface area contributed by atoms with E-state index in [2.05, 4.69) is 121 Å². The molecule has 0 saturated heterocycles. The van der Waals surface area contributed by atoms with E-state index in [-0.39, 0.29) is 0 Å². The molecule has 0 amide bonds. The minimum absolute atomic E-state index is 0.660. The quantitative estimate of drug-likeness (QED) is 0.180. The van der Waals surface area contributed by atoms with Crippen LogP contribution >= 0.6 is 0 Å². The van der Waals surface area contributed by atoms with Gasteiger partial charge in [0, 0.05) is 43.6 Å². The molecule has 50 heavy (non-hydrogen) atoms. The molecule has 3 aromatic heterocycles. The molecule has 0 atom stereocenters. The maximum absolute atomic E-state index is 6.49. The van der Waals surface area contributed by atoms with Crippen LogP contribution in [0.3, 0.4) is 0 Å². The highest BCUT2D eigenvalue weighted by atomic mass is 16.3. The van der Waals surface area contributed by atoms with Gasteiger partial charge in [-0.15, -0.1) is 0 Å². The minimum Gasteiger partial charge on any atom is -0.456 e. The van der Waals surface area contributed by atoms with E-state index in [4.69, 9.17) is 18.8 Å². The van der Waals surface area contributed by atoms with Gasteiger partial charge in [0.25, 0.3) is 0 Å². The zero-order valence-electron chi connectivity index (χ0n) is 26.7. The first-order valence-corrected chi connectivity index (χ1v) is 16.8. The molecule has 0 aliphatic rings. The standard InChI is InChI=1S/C46H26N2O2/c1-3-10-27(11-4-1)29-18-20-31-34-15-9-17-40-44(34)45-41(50-40)23-22-35(43(45)36(31)24-29)46-47-37(28-12-5-2-6-13-28)26-38(48-46)30-19-21-33-32-14-7-8-16-39(32)49-42(33)25-30/h1-26H. The molecule has 4 heteroatoms. The Morgan fingerprint density at radius 2 is 0.960 bits per heavy atom. The van der Waals surface area contributed by atoms with Gasteiger partial charge in [0.2, 0.25) is 0 Å². The molecule has 0 unspecified atom stereocenters. The lowest BCUT2D eigenvalue weighted by Crippen LogP contribution is -1.97. The Morgan fingerprint density at radius 1 is 0.320 bits per heavy atom. The fourth-order valence-electron chi connectivity index (χ4n) is 7.75. The normalized spacial score (nSPS) is 12.0. The molecule has 8 aromatic carbocycles. The molecule has 0 aliphatic heterocycles. The maximum atomic E-state index is 6.49. The van der Waals surface area contributed by atoms with E-state index < -0.39 is 0 Å². The highest BCUT2D eigenvalue weighted by molar-refractivity contribution is 6.35. The number of benzene rings is 8. The molecule has 0 spiro atoms. The van der Waals surface area contributed by atoms with Crippen molar-refractivity contribution in [2.24, 2.45) is 0 Å². The van der Waals surface area contributed by atoms with Gasteiger partial charge in [0.05, 0.1) is 11.4 Å². The van der Waals surface area contributed by atoms with Gasteiger partial charge in [-0.25, -0.2) is 9.97 Å². The Kier molecular flexibility index (Phi) is 5.63. The Bertz CT molecular complexity index is 3080. The summed E-state index contributed by atoms with van der Waals surface area (Å²) >= 11 is 0. The Hall–Kier alpha value is -6.78. The van der Waals surface area contributed by atoms with E-state index in [1.54, 1.807) is 0 Å². The van der Waals surface area contributed by atoms with Gasteiger partial charge in [0.1, 0.15) is 22.3 Å². The van der Waals surface area contributed by atoms with Crippen molar-refractivity contribution < 1.29 is 8.83 Å². The van der Waals surface area contributed by atoms with Crippen molar-refractivity contribution in [3.8, 4) is 45.0 Å². The molecule has 0 radical (unpaired) electrons. The van der Waals surface area contributed by atoms with E-state index in [9.17, 15) is 0 Å². The number of furan rings is 2. The molecule has 232 valence electrons. The van der Waals surface area contributed by atoms with E-state index >= 15 is 0 Å². The summed E-state index contributed by atoms with van der Waals surface area (Å²) in [6.45, 7) is 0. The van der Waals surface area contributed by atoms with Gasteiger partial charge >= 0.3 is 0 Å². The van der Waals surface area contributed by atoms with Crippen LogP contribution in [-0.2, 0) is 0 Å². The highest BCUT2D eigenvalue weighted by Crippen LogP contribution is 2.47. The minimum atomic E-state index is 0.660. The van der Waals surface area contributed by atoms with Gasteiger partial charge in [-0.2, -0.15) is 0 Å². The number of para-hydroxylation sites is 1. The lowest BCUT2D eigenvalue weighted by Gasteiger charge is -2.15. The van der Waals surface area contributed by atoms with E-state index in [0.717, 1.165) is 88.3 Å². The average Bonchev–Trinajstić information content (AvgIpc) is 3.76. The predicted octanol–water partition coefficient (Wildman–Crippen LogP) is 12.7.